The zero-order valence-corrected chi connectivity index (χ0v) is 12.2. The first-order valence-electron chi connectivity index (χ1n) is 7.33. The zero-order valence-electron chi connectivity index (χ0n) is 12.2. The van der Waals surface area contributed by atoms with E-state index in [0.717, 1.165) is 25.9 Å². The average molecular weight is 297 g/mol. The molecule has 0 aromatic carbocycles. The van der Waals surface area contributed by atoms with E-state index in [9.17, 15) is 4.79 Å². The summed E-state index contributed by atoms with van der Waals surface area (Å²) in [7, 11) is 0. The van der Waals surface area contributed by atoms with Gasteiger partial charge in [-0.3, -0.25) is 4.79 Å². The van der Waals surface area contributed by atoms with Crippen LogP contribution in [0.2, 0.25) is 0 Å². The van der Waals surface area contributed by atoms with E-state index >= 15 is 0 Å². The summed E-state index contributed by atoms with van der Waals surface area (Å²) >= 11 is 0. The highest BCUT2D eigenvalue weighted by Crippen LogP contribution is 2.11. The maximum Gasteiger partial charge on any atom is 0.241 e. The summed E-state index contributed by atoms with van der Waals surface area (Å²) in [6.45, 7) is 3.18. The van der Waals surface area contributed by atoms with Gasteiger partial charge < -0.3 is 20.5 Å². The molecule has 0 saturated carbocycles. The molecule has 1 aliphatic heterocycles. The Bertz CT molecular complexity index is 431. The second-order valence-electron chi connectivity index (χ2n) is 5.03. The molecule has 118 valence electrons. The fraction of sp³-hybridized carbons (Fsp3) is 0.769. The molecule has 3 N–H and O–H groups in total. The van der Waals surface area contributed by atoms with Crippen molar-refractivity contribution in [3.63, 3.8) is 0 Å². The molecule has 1 aromatic heterocycles. The van der Waals surface area contributed by atoms with Gasteiger partial charge in [-0.1, -0.05) is 5.21 Å². The van der Waals surface area contributed by atoms with Crippen LogP contribution in [0.1, 0.15) is 25.0 Å². The molecule has 1 amide bonds. The van der Waals surface area contributed by atoms with Gasteiger partial charge in [0.05, 0.1) is 24.6 Å². The Balaban J connectivity index is 1.48. The highest BCUT2D eigenvalue weighted by atomic mass is 16.5. The minimum absolute atomic E-state index is 0.0948. The Labute approximate surface area is 124 Å². The van der Waals surface area contributed by atoms with Crippen molar-refractivity contribution in [2.45, 2.75) is 38.5 Å². The normalized spacial score (nSPS) is 18.0. The minimum atomic E-state index is -0.0948. The van der Waals surface area contributed by atoms with Crippen LogP contribution in [0.15, 0.2) is 6.20 Å². The van der Waals surface area contributed by atoms with Gasteiger partial charge >= 0.3 is 0 Å². The summed E-state index contributed by atoms with van der Waals surface area (Å²) in [6, 6.07) is 0. The maximum absolute atomic E-state index is 11.7. The summed E-state index contributed by atoms with van der Waals surface area (Å²) in [5.74, 6) is -0.0948. The molecule has 8 heteroatoms. The van der Waals surface area contributed by atoms with Crippen LogP contribution >= 0.6 is 0 Å². The van der Waals surface area contributed by atoms with Gasteiger partial charge in [0.2, 0.25) is 5.91 Å². The summed E-state index contributed by atoms with van der Waals surface area (Å²) in [5, 5.41) is 10.5. The van der Waals surface area contributed by atoms with Gasteiger partial charge in [-0.05, 0) is 19.3 Å². The molecule has 21 heavy (non-hydrogen) atoms. The molecule has 1 fully saturated rings. The second-order valence-corrected chi connectivity index (χ2v) is 5.03. The number of carbonyl (C=O) groups excluding carboxylic acids is 1. The summed E-state index contributed by atoms with van der Waals surface area (Å²) < 4.78 is 12.5. The predicted molar refractivity (Wildman–Crippen MR) is 75.3 cm³/mol. The molecule has 1 saturated heterocycles. The Morgan fingerprint density at radius 3 is 3.24 bits per heavy atom. The zero-order chi connectivity index (χ0) is 14.9. The van der Waals surface area contributed by atoms with E-state index in [0.29, 0.717) is 32.0 Å². The molecular formula is C13H23N5O3. The number of nitrogens with one attached hydrogen (secondary N) is 1. The molecule has 0 radical (unpaired) electrons. The van der Waals surface area contributed by atoms with Crippen molar-refractivity contribution in [1.82, 2.24) is 20.3 Å². The molecular weight excluding hydrogens is 274 g/mol. The van der Waals surface area contributed by atoms with Crippen LogP contribution in [0.5, 0.6) is 0 Å². The standard InChI is InChI=1S/C13H23N5O3/c14-7-11-8-18(17-16-11)9-13(19)15-4-2-5-20-10-12-3-1-6-21-12/h8,12H,1-7,9-10,14H2,(H,15,19). The number of hydrogen-bond acceptors (Lipinski definition) is 6. The third-order valence-electron chi connectivity index (χ3n) is 3.22. The van der Waals surface area contributed by atoms with Crippen molar-refractivity contribution in [1.29, 1.82) is 0 Å². The Morgan fingerprint density at radius 2 is 2.52 bits per heavy atom. The van der Waals surface area contributed by atoms with Crippen molar-refractivity contribution >= 4 is 5.91 Å². The van der Waals surface area contributed by atoms with Crippen molar-refractivity contribution in [2.24, 2.45) is 5.73 Å². The van der Waals surface area contributed by atoms with Crippen LogP contribution < -0.4 is 11.1 Å². The summed E-state index contributed by atoms with van der Waals surface area (Å²) in [4.78, 5) is 11.7. The lowest BCUT2D eigenvalue weighted by molar-refractivity contribution is -0.121. The van der Waals surface area contributed by atoms with Crippen LogP contribution in [-0.4, -0.2) is 53.4 Å². The Kier molecular flexibility index (Phi) is 6.58. The van der Waals surface area contributed by atoms with Gasteiger partial charge in [-0.2, -0.15) is 0 Å². The lowest BCUT2D eigenvalue weighted by Gasteiger charge is -2.10. The monoisotopic (exact) mass is 297 g/mol. The highest BCUT2D eigenvalue weighted by Gasteiger charge is 2.14. The minimum Gasteiger partial charge on any atom is -0.379 e. The van der Waals surface area contributed by atoms with Gasteiger partial charge in [0.25, 0.3) is 0 Å². The smallest absolute Gasteiger partial charge is 0.241 e. The van der Waals surface area contributed by atoms with Crippen molar-refractivity contribution < 1.29 is 14.3 Å². The molecule has 1 aliphatic rings. The molecule has 0 aliphatic carbocycles. The van der Waals surface area contributed by atoms with E-state index < -0.39 is 0 Å². The first-order valence-corrected chi connectivity index (χ1v) is 7.33. The van der Waals surface area contributed by atoms with Crippen LogP contribution in [-0.2, 0) is 27.4 Å². The molecule has 1 unspecified atom stereocenters. The predicted octanol–water partition coefficient (Wildman–Crippen LogP) is -0.561. The third-order valence-corrected chi connectivity index (χ3v) is 3.22. The summed E-state index contributed by atoms with van der Waals surface area (Å²) in [5.41, 5.74) is 6.10. The van der Waals surface area contributed by atoms with Gasteiger partial charge in [-0.15, -0.1) is 5.10 Å². The van der Waals surface area contributed by atoms with Crippen LogP contribution in [0.3, 0.4) is 0 Å². The topological polar surface area (TPSA) is 104 Å². The Morgan fingerprint density at radius 1 is 1.62 bits per heavy atom. The largest absolute Gasteiger partial charge is 0.379 e. The highest BCUT2D eigenvalue weighted by molar-refractivity contribution is 5.75. The maximum atomic E-state index is 11.7. The third kappa shape index (κ3) is 5.78. The fourth-order valence-electron chi connectivity index (χ4n) is 2.10. The van der Waals surface area contributed by atoms with Crippen molar-refractivity contribution in [3.8, 4) is 0 Å². The number of ether oxygens (including phenoxy) is 2. The van der Waals surface area contributed by atoms with Gasteiger partial charge in [-0.25, -0.2) is 4.68 Å². The van der Waals surface area contributed by atoms with Crippen LogP contribution in [0.4, 0.5) is 0 Å². The average Bonchev–Trinajstić information content (AvgIpc) is 3.14. The van der Waals surface area contributed by atoms with E-state index in [1.54, 1.807) is 6.20 Å². The number of carbonyl (C=O) groups is 1. The molecule has 8 nitrogen and oxygen atoms in total. The van der Waals surface area contributed by atoms with Gasteiger partial charge in [0, 0.05) is 26.3 Å². The van der Waals surface area contributed by atoms with E-state index in [2.05, 4.69) is 15.6 Å². The number of hydrogen-bond donors (Lipinski definition) is 2. The molecule has 1 atom stereocenters. The molecule has 2 rings (SSSR count). The fourth-order valence-corrected chi connectivity index (χ4v) is 2.10. The van der Waals surface area contributed by atoms with E-state index in [-0.39, 0.29) is 18.6 Å². The SMILES string of the molecule is NCc1cn(CC(=O)NCCCOCC2CCCO2)nn1. The molecule has 2 heterocycles. The van der Waals surface area contributed by atoms with Crippen molar-refractivity contribution in [2.75, 3.05) is 26.4 Å². The molecule has 0 spiro atoms. The Hall–Kier alpha value is -1.51. The molecule has 0 bridgehead atoms. The van der Waals surface area contributed by atoms with E-state index in [1.807, 2.05) is 0 Å². The van der Waals surface area contributed by atoms with Crippen LogP contribution in [0.25, 0.3) is 0 Å². The summed E-state index contributed by atoms with van der Waals surface area (Å²) in [6.07, 6.45) is 4.91. The van der Waals surface area contributed by atoms with E-state index in [1.165, 1.54) is 4.68 Å². The number of nitrogens with two attached hydrogens (primary N) is 1. The second kappa shape index (κ2) is 8.71. The van der Waals surface area contributed by atoms with Gasteiger partial charge in [0.1, 0.15) is 6.54 Å². The van der Waals surface area contributed by atoms with Crippen molar-refractivity contribution in [3.05, 3.63) is 11.9 Å². The van der Waals surface area contributed by atoms with Gasteiger partial charge in [0.15, 0.2) is 0 Å². The quantitative estimate of drug-likeness (QED) is 0.592. The number of nitrogens with zero attached hydrogens (tertiary/aromatic N) is 3. The van der Waals surface area contributed by atoms with Crippen LogP contribution in [0, 0.1) is 0 Å². The number of rotatable bonds is 9. The lowest BCUT2D eigenvalue weighted by Crippen LogP contribution is -2.29. The number of aromatic nitrogens is 3. The first kappa shape index (κ1) is 15.9. The lowest BCUT2D eigenvalue weighted by atomic mass is 10.2. The number of amides is 1. The van der Waals surface area contributed by atoms with E-state index in [4.69, 9.17) is 15.2 Å². The first-order chi connectivity index (χ1) is 10.3. The molecule has 1 aromatic rings.